The van der Waals surface area contributed by atoms with Crippen LogP contribution >= 0.6 is 0 Å². The molecule has 0 aliphatic carbocycles. The zero-order valence-electron chi connectivity index (χ0n) is 15.6. The third kappa shape index (κ3) is 4.26. The third-order valence-electron chi connectivity index (χ3n) is 6.29. The Labute approximate surface area is 155 Å². The van der Waals surface area contributed by atoms with Crippen molar-refractivity contribution in [2.75, 3.05) is 39.3 Å². The topological polar surface area (TPSA) is 26.8 Å². The van der Waals surface area contributed by atoms with Gasteiger partial charge in [0.25, 0.3) is 0 Å². The van der Waals surface area contributed by atoms with E-state index in [-0.39, 0.29) is 5.82 Å². The molecule has 5 heteroatoms. The van der Waals surface area contributed by atoms with E-state index in [4.69, 9.17) is 0 Å². The molecule has 4 heterocycles. The molecule has 4 aliphatic heterocycles. The minimum absolute atomic E-state index is 0.168. The number of nitrogens with zero attached hydrogens (tertiary/aromatic N) is 3. The van der Waals surface area contributed by atoms with Gasteiger partial charge in [-0.05, 0) is 49.3 Å². The SMILES string of the molecule is O=C(CCN1C[C@@H]2CC[C@H]1CN(Cc1ccc(F)cc1)C2)N1CCCC1. The molecule has 4 saturated heterocycles. The van der Waals surface area contributed by atoms with Crippen LogP contribution in [0.25, 0.3) is 0 Å². The van der Waals surface area contributed by atoms with Gasteiger partial charge in [0.1, 0.15) is 5.82 Å². The highest BCUT2D eigenvalue weighted by molar-refractivity contribution is 5.76. The highest BCUT2D eigenvalue weighted by atomic mass is 19.1. The number of carbonyl (C=O) groups is 1. The Kier molecular flexibility index (Phi) is 5.55. The molecule has 2 atom stereocenters. The van der Waals surface area contributed by atoms with E-state index in [1.165, 1.54) is 31.2 Å². The summed E-state index contributed by atoms with van der Waals surface area (Å²) in [5.41, 5.74) is 1.18. The molecule has 1 aromatic rings. The minimum Gasteiger partial charge on any atom is -0.343 e. The Balaban J connectivity index is 1.32. The highest BCUT2D eigenvalue weighted by Gasteiger charge is 2.34. The van der Waals surface area contributed by atoms with E-state index in [1.54, 1.807) is 12.1 Å². The number of hydrogen-bond acceptors (Lipinski definition) is 3. The molecule has 4 nitrogen and oxygen atoms in total. The first-order chi connectivity index (χ1) is 12.7. The van der Waals surface area contributed by atoms with Crippen LogP contribution in [0.4, 0.5) is 4.39 Å². The lowest BCUT2D eigenvalue weighted by Crippen LogP contribution is -2.45. The molecule has 0 aromatic heterocycles. The van der Waals surface area contributed by atoms with Crippen LogP contribution in [0.15, 0.2) is 24.3 Å². The maximum absolute atomic E-state index is 13.1. The molecule has 2 bridgehead atoms. The second-order valence-electron chi connectivity index (χ2n) is 8.25. The van der Waals surface area contributed by atoms with Crippen LogP contribution in [0.2, 0.25) is 0 Å². The predicted molar refractivity (Wildman–Crippen MR) is 100 cm³/mol. The molecule has 4 fully saturated rings. The van der Waals surface area contributed by atoms with E-state index in [0.717, 1.165) is 45.8 Å². The number of carbonyl (C=O) groups excluding carboxylic acids is 1. The molecule has 0 spiro atoms. The summed E-state index contributed by atoms with van der Waals surface area (Å²) in [4.78, 5) is 19.5. The number of halogens is 1. The number of fused-ring (bicyclic) bond motifs is 4. The lowest BCUT2D eigenvalue weighted by Gasteiger charge is -2.36. The van der Waals surface area contributed by atoms with Crippen LogP contribution in [0.3, 0.4) is 0 Å². The number of amides is 1. The molecule has 1 aromatic carbocycles. The average molecular weight is 359 g/mol. The van der Waals surface area contributed by atoms with Crippen LogP contribution in [-0.4, -0.2) is 65.9 Å². The van der Waals surface area contributed by atoms with Gasteiger partial charge < -0.3 is 4.90 Å². The number of benzene rings is 1. The van der Waals surface area contributed by atoms with Crippen molar-refractivity contribution in [1.29, 1.82) is 0 Å². The van der Waals surface area contributed by atoms with E-state index in [9.17, 15) is 9.18 Å². The molecule has 1 amide bonds. The van der Waals surface area contributed by atoms with Gasteiger partial charge >= 0.3 is 0 Å². The van der Waals surface area contributed by atoms with Gasteiger partial charge in [-0.25, -0.2) is 4.39 Å². The fourth-order valence-corrected chi connectivity index (χ4v) is 4.89. The molecule has 4 aliphatic rings. The molecule has 142 valence electrons. The van der Waals surface area contributed by atoms with Gasteiger partial charge in [0, 0.05) is 58.3 Å². The van der Waals surface area contributed by atoms with Crippen molar-refractivity contribution in [2.24, 2.45) is 5.92 Å². The average Bonchev–Trinajstić information content (AvgIpc) is 3.05. The maximum Gasteiger partial charge on any atom is 0.223 e. The first-order valence-electron chi connectivity index (χ1n) is 10.2. The first-order valence-corrected chi connectivity index (χ1v) is 10.2. The van der Waals surface area contributed by atoms with Crippen LogP contribution < -0.4 is 0 Å². The smallest absolute Gasteiger partial charge is 0.223 e. The fraction of sp³-hybridized carbons (Fsp3) is 0.667. The van der Waals surface area contributed by atoms with Gasteiger partial charge in [0.2, 0.25) is 5.91 Å². The summed E-state index contributed by atoms with van der Waals surface area (Å²) >= 11 is 0. The molecule has 0 saturated carbocycles. The molecule has 5 rings (SSSR count). The lowest BCUT2D eigenvalue weighted by atomic mass is 9.95. The number of rotatable bonds is 5. The summed E-state index contributed by atoms with van der Waals surface area (Å²) in [5.74, 6) is 0.861. The summed E-state index contributed by atoms with van der Waals surface area (Å²) in [6, 6.07) is 7.46. The minimum atomic E-state index is -0.168. The second-order valence-corrected chi connectivity index (χ2v) is 8.25. The molecule has 0 N–H and O–H groups in total. The van der Waals surface area contributed by atoms with Crippen molar-refractivity contribution < 1.29 is 9.18 Å². The summed E-state index contributed by atoms with van der Waals surface area (Å²) in [7, 11) is 0. The van der Waals surface area contributed by atoms with E-state index in [2.05, 4.69) is 9.80 Å². The van der Waals surface area contributed by atoms with Crippen molar-refractivity contribution in [3.05, 3.63) is 35.6 Å². The Morgan fingerprint density at radius 2 is 1.81 bits per heavy atom. The molecular weight excluding hydrogens is 329 g/mol. The molecule has 26 heavy (non-hydrogen) atoms. The fourth-order valence-electron chi connectivity index (χ4n) is 4.89. The van der Waals surface area contributed by atoms with Crippen LogP contribution in [0, 0.1) is 11.7 Å². The number of likely N-dealkylation sites (tertiary alicyclic amines) is 1. The van der Waals surface area contributed by atoms with E-state index in [0.29, 0.717) is 24.3 Å². The number of hydrogen-bond donors (Lipinski definition) is 0. The van der Waals surface area contributed by atoms with Gasteiger partial charge in [-0.15, -0.1) is 0 Å². The van der Waals surface area contributed by atoms with Gasteiger partial charge in [-0.1, -0.05) is 12.1 Å². The summed E-state index contributed by atoms with van der Waals surface area (Å²) in [5, 5.41) is 0. The second kappa shape index (κ2) is 8.05. The Bertz CT molecular complexity index is 614. The largest absolute Gasteiger partial charge is 0.343 e. The maximum atomic E-state index is 13.1. The lowest BCUT2D eigenvalue weighted by molar-refractivity contribution is -0.130. The van der Waals surface area contributed by atoms with Gasteiger partial charge in [0.15, 0.2) is 0 Å². The normalized spacial score (nSPS) is 27.0. The zero-order chi connectivity index (χ0) is 17.9. The highest BCUT2D eigenvalue weighted by Crippen LogP contribution is 2.29. The predicted octanol–water partition coefficient (Wildman–Crippen LogP) is 2.73. The van der Waals surface area contributed by atoms with Gasteiger partial charge in [-0.2, -0.15) is 0 Å². The summed E-state index contributed by atoms with van der Waals surface area (Å²) < 4.78 is 13.1. The van der Waals surface area contributed by atoms with Crippen molar-refractivity contribution in [3.63, 3.8) is 0 Å². The Morgan fingerprint density at radius 3 is 2.58 bits per heavy atom. The van der Waals surface area contributed by atoms with Crippen LogP contribution in [-0.2, 0) is 11.3 Å². The molecular formula is C21H30FN3O. The van der Waals surface area contributed by atoms with Crippen molar-refractivity contribution in [2.45, 2.75) is 44.7 Å². The zero-order valence-corrected chi connectivity index (χ0v) is 15.6. The van der Waals surface area contributed by atoms with E-state index in [1.807, 2.05) is 17.0 Å². The van der Waals surface area contributed by atoms with E-state index >= 15 is 0 Å². The quantitative estimate of drug-likeness (QED) is 0.809. The van der Waals surface area contributed by atoms with E-state index < -0.39 is 0 Å². The van der Waals surface area contributed by atoms with Crippen molar-refractivity contribution in [1.82, 2.24) is 14.7 Å². The van der Waals surface area contributed by atoms with Crippen molar-refractivity contribution >= 4 is 5.91 Å². The molecule has 0 unspecified atom stereocenters. The standard InChI is InChI=1S/C21H30FN3O/c22-19-6-3-17(4-7-19)13-23-14-18-5-8-20(16-23)25(15-18)12-9-21(26)24-10-1-2-11-24/h3-4,6-7,18,20H,1-2,5,8-16H2/t18-,20+/m1/s1. The Morgan fingerprint density at radius 1 is 1.04 bits per heavy atom. The summed E-state index contributed by atoms with van der Waals surface area (Å²) in [6.07, 6.45) is 5.53. The number of piperidine rings is 1. The van der Waals surface area contributed by atoms with Crippen LogP contribution in [0.1, 0.15) is 37.7 Å². The monoisotopic (exact) mass is 359 g/mol. The summed E-state index contributed by atoms with van der Waals surface area (Å²) in [6.45, 7) is 7.01. The van der Waals surface area contributed by atoms with Crippen molar-refractivity contribution in [3.8, 4) is 0 Å². The Hall–Kier alpha value is -1.46. The molecule has 0 radical (unpaired) electrons. The van der Waals surface area contributed by atoms with Gasteiger partial charge in [-0.3, -0.25) is 14.6 Å². The first kappa shape index (κ1) is 17.9. The van der Waals surface area contributed by atoms with Gasteiger partial charge in [0.05, 0.1) is 0 Å². The van der Waals surface area contributed by atoms with Crippen LogP contribution in [0.5, 0.6) is 0 Å². The third-order valence-corrected chi connectivity index (χ3v) is 6.29.